The van der Waals surface area contributed by atoms with Gasteiger partial charge in [0, 0.05) is 25.7 Å². The molecule has 0 amide bonds. The van der Waals surface area contributed by atoms with Crippen LogP contribution in [0.4, 0.5) is 5.69 Å². The molecular formula is C11H17ClN2O4S. The van der Waals surface area contributed by atoms with Crippen molar-refractivity contribution in [1.82, 2.24) is 4.31 Å². The predicted molar refractivity (Wildman–Crippen MR) is 73.6 cm³/mol. The molecule has 108 valence electrons. The van der Waals surface area contributed by atoms with Crippen molar-refractivity contribution in [3.8, 4) is 0 Å². The van der Waals surface area contributed by atoms with E-state index in [1.807, 2.05) is 0 Å². The van der Waals surface area contributed by atoms with Crippen molar-refractivity contribution in [2.45, 2.75) is 11.0 Å². The number of nitrogens with zero attached hydrogens (tertiary/aromatic N) is 1. The van der Waals surface area contributed by atoms with Gasteiger partial charge in [-0.05, 0) is 18.2 Å². The third kappa shape index (κ3) is 4.05. The maximum Gasteiger partial charge on any atom is 0.245 e. The molecule has 0 aliphatic carbocycles. The van der Waals surface area contributed by atoms with Gasteiger partial charge in [0.25, 0.3) is 0 Å². The van der Waals surface area contributed by atoms with E-state index in [2.05, 4.69) is 0 Å². The average molecular weight is 309 g/mol. The smallest absolute Gasteiger partial charge is 0.245 e. The van der Waals surface area contributed by atoms with Crippen LogP contribution in [0.2, 0.25) is 5.02 Å². The first kappa shape index (κ1) is 16.2. The molecule has 0 spiro atoms. The quantitative estimate of drug-likeness (QED) is 0.749. The number of hydrogen-bond donors (Lipinski definition) is 2. The zero-order valence-corrected chi connectivity index (χ0v) is 12.3. The molecule has 0 saturated carbocycles. The maximum atomic E-state index is 12.3. The second kappa shape index (κ2) is 6.53. The van der Waals surface area contributed by atoms with Crippen LogP contribution in [0.5, 0.6) is 0 Å². The van der Waals surface area contributed by atoms with Crippen LogP contribution in [0.15, 0.2) is 23.1 Å². The molecule has 0 saturated heterocycles. The van der Waals surface area contributed by atoms with Crippen LogP contribution in [-0.4, -0.2) is 51.2 Å². The molecule has 0 aliphatic heterocycles. The first-order chi connectivity index (χ1) is 8.78. The number of likely N-dealkylation sites (N-methyl/N-ethyl adjacent to an activating group) is 1. The van der Waals surface area contributed by atoms with Crippen LogP contribution < -0.4 is 5.73 Å². The topological polar surface area (TPSA) is 92.9 Å². The fourth-order valence-electron chi connectivity index (χ4n) is 1.54. The van der Waals surface area contributed by atoms with Gasteiger partial charge in [0.2, 0.25) is 10.0 Å². The molecule has 1 unspecified atom stereocenters. The van der Waals surface area contributed by atoms with Crippen molar-refractivity contribution in [3.63, 3.8) is 0 Å². The summed E-state index contributed by atoms with van der Waals surface area (Å²) in [5.41, 5.74) is 5.76. The van der Waals surface area contributed by atoms with Gasteiger partial charge in [-0.1, -0.05) is 11.6 Å². The van der Waals surface area contributed by atoms with Crippen molar-refractivity contribution >= 4 is 27.3 Å². The standard InChI is InChI=1S/C11H17ClN2O4S/c1-14(6-9(15)7-18-2)19(16,17)11-5-8(12)3-4-10(11)13/h3-5,9,15H,6-7,13H2,1-2H3. The van der Waals surface area contributed by atoms with Gasteiger partial charge in [-0.25, -0.2) is 8.42 Å². The molecular weight excluding hydrogens is 292 g/mol. The first-order valence-corrected chi connectivity index (χ1v) is 7.29. The molecule has 1 aromatic carbocycles. The van der Waals surface area contributed by atoms with Crippen molar-refractivity contribution in [2.75, 3.05) is 33.0 Å². The Kier molecular flexibility index (Phi) is 5.57. The summed E-state index contributed by atoms with van der Waals surface area (Å²) in [7, 11) is -1.02. The number of anilines is 1. The molecule has 0 heterocycles. The number of nitrogen functional groups attached to an aromatic ring is 1. The summed E-state index contributed by atoms with van der Waals surface area (Å²) < 4.78 is 30.3. The molecule has 0 radical (unpaired) electrons. The highest BCUT2D eigenvalue weighted by atomic mass is 35.5. The molecule has 1 aromatic rings. The Bertz CT molecular complexity index is 535. The fraction of sp³-hybridized carbons (Fsp3) is 0.455. The van der Waals surface area contributed by atoms with E-state index < -0.39 is 16.1 Å². The Morgan fingerprint density at radius 3 is 2.74 bits per heavy atom. The Morgan fingerprint density at radius 1 is 1.53 bits per heavy atom. The van der Waals surface area contributed by atoms with E-state index in [1.165, 1.54) is 32.4 Å². The van der Waals surface area contributed by atoms with Crippen LogP contribution >= 0.6 is 11.6 Å². The second-order valence-electron chi connectivity index (χ2n) is 4.08. The van der Waals surface area contributed by atoms with E-state index in [4.69, 9.17) is 22.1 Å². The summed E-state index contributed by atoms with van der Waals surface area (Å²) in [5.74, 6) is 0. The van der Waals surface area contributed by atoms with E-state index >= 15 is 0 Å². The summed E-state index contributed by atoms with van der Waals surface area (Å²) >= 11 is 5.78. The van der Waals surface area contributed by atoms with Gasteiger partial charge in [-0.2, -0.15) is 4.31 Å². The number of ether oxygens (including phenoxy) is 1. The van der Waals surface area contributed by atoms with E-state index in [9.17, 15) is 13.5 Å². The largest absolute Gasteiger partial charge is 0.398 e. The highest BCUT2D eigenvalue weighted by Crippen LogP contribution is 2.25. The minimum Gasteiger partial charge on any atom is -0.398 e. The van der Waals surface area contributed by atoms with Crippen LogP contribution in [0.3, 0.4) is 0 Å². The number of methoxy groups -OCH3 is 1. The number of aliphatic hydroxyl groups excluding tert-OH is 1. The minimum absolute atomic E-state index is 0.0465. The molecule has 0 aromatic heterocycles. The predicted octanol–water partition coefficient (Wildman–Crippen LogP) is 0.550. The van der Waals surface area contributed by atoms with Crippen molar-refractivity contribution < 1.29 is 18.3 Å². The Hall–Kier alpha value is -0.860. The lowest BCUT2D eigenvalue weighted by atomic mass is 10.3. The minimum atomic E-state index is -3.80. The van der Waals surface area contributed by atoms with Crippen molar-refractivity contribution in [3.05, 3.63) is 23.2 Å². The summed E-state index contributed by atoms with van der Waals surface area (Å²) in [6.07, 6.45) is -0.912. The number of benzene rings is 1. The second-order valence-corrected chi connectivity index (χ2v) is 6.53. The Labute approximate surface area is 117 Å². The molecule has 0 aliphatic rings. The molecule has 1 rings (SSSR count). The molecule has 19 heavy (non-hydrogen) atoms. The van der Waals surface area contributed by atoms with Gasteiger partial charge in [0.15, 0.2) is 0 Å². The van der Waals surface area contributed by atoms with Crippen LogP contribution in [0, 0.1) is 0 Å². The number of rotatable bonds is 6. The number of sulfonamides is 1. The third-order valence-electron chi connectivity index (χ3n) is 2.49. The number of hydrogen-bond acceptors (Lipinski definition) is 5. The SMILES string of the molecule is COCC(O)CN(C)S(=O)(=O)c1cc(Cl)ccc1N. The van der Waals surface area contributed by atoms with Gasteiger partial charge in [0.05, 0.1) is 18.4 Å². The third-order valence-corrected chi connectivity index (χ3v) is 4.60. The maximum absolute atomic E-state index is 12.3. The Balaban J connectivity index is 3.00. The molecule has 3 N–H and O–H groups in total. The number of halogens is 1. The fourth-order valence-corrected chi connectivity index (χ4v) is 3.12. The van der Waals surface area contributed by atoms with Crippen LogP contribution in [0.25, 0.3) is 0 Å². The summed E-state index contributed by atoms with van der Waals surface area (Å²) in [6.45, 7) is -0.0486. The van der Waals surface area contributed by atoms with Crippen molar-refractivity contribution in [2.24, 2.45) is 0 Å². The number of nitrogens with two attached hydrogens (primary N) is 1. The van der Waals surface area contributed by atoms with Gasteiger partial charge in [0.1, 0.15) is 4.90 Å². The van der Waals surface area contributed by atoms with Crippen LogP contribution in [-0.2, 0) is 14.8 Å². The normalized spacial score (nSPS) is 13.7. The average Bonchev–Trinajstić information content (AvgIpc) is 2.32. The molecule has 6 nitrogen and oxygen atoms in total. The van der Waals surface area contributed by atoms with Gasteiger partial charge in [-0.15, -0.1) is 0 Å². The molecule has 8 heteroatoms. The van der Waals surface area contributed by atoms with Gasteiger partial charge >= 0.3 is 0 Å². The van der Waals surface area contributed by atoms with E-state index in [0.29, 0.717) is 0 Å². The lowest BCUT2D eigenvalue weighted by Gasteiger charge is -2.21. The van der Waals surface area contributed by atoms with E-state index in [0.717, 1.165) is 4.31 Å². The van der Waals surface area contributed by atoms with Crippen molar-refractivity contribution in [1.29, 1.82) is 0 Å². The van der Waals surface area contributed by atoms with Crippen LogP contribution in [0.1, 0.15) is 0 Å². The molecule has 0 fully saturated rings. The lowest BCUT2D eigenvalue weighted by molar-refractivity contribution is 0.0554. The van der Waals surface area contributed by atoms with Gasteiger partial charge in [-0.3, -0.25) is 0 Å². The lowest BCUT2D eigenvalue weighted by Crippen LogP contribution is -2.36. The molecule has 0 bridgehead atoms. The molecule has 1 atom stereocenters. The highest BCUT2D eigenvalue weighted by molar-refractivity contribution is 7.89. The zero-order chi connectivity index (χ0) is 14.6. The highest BCUT2D eigenvalue weighted by Gasteiger charge is 2.25. The Morgan fingerprint density at radius 2 is 2.16 bits per heavy atom. The first-order valence-electron chi connectivity index (χ1n) is 5.47. The summed E-state index contributed by atoms with van der Waals surface area (Å²) in [4.78, 5) is -0.0767. The zero-order valence-electron chi connectivity index (χ0n) is 10.7. The van der Waals surface area contributed by atoms with E-state index in [1.54, 1.807) is 0 Å². The number of aliphatic hydroxyl groups is 1. The summed E-state index contributed by atoms with van der Waals surface area (Å²) in [5, 5.41) is 9.84. The summed E-state index contributed by atoms with van der Waals surface area (Å²) in [6, 6.07) is 4.22. The van der Waals surface area contributed by atoms with E-state index in [-0.39, 0.29) is 28.8 Å². The van der Waals surface area contributed by atoms with Gasteiger partial charge < -0.3 is 15.6 Å². The monoisotopic (exact) mass is 308 g/mol.